The highest BCUT2D eigenvalue weighted by atomic mass is 35.5. The van der Waals surface area contributed by atoms with Gasteiger partial charge in [-0.15, -0.1) is 0 Å². The number of nitrogens with zero attached hydrogens (tertiary/aromatic N) is 1. The summed E-state index contributed by atoms with van der Waals surface area (Å²) in [6, 6.07) is 1.02. The molecular formula is C8H13ClNO2-. The molecule has 0 aromatic carbocycles. The van der Waals surface area contributed by atoms with Gasteiger partial charge in [-0.1, -0.05) is 0 Å². The van der Waals surface area contributed by atoms with Crippen molar-refractivity contribution < 1.29 is 22.3 Å². The van der Waals surface area contributed by atoms with Gasteiger partial charge in [0, 0.05) is 12.1 Å². The molecule has 5 atom stereocenters. The van der Waals surface area contributed by atoms with Gasteiger partial charge >= 0.3 is 0 Å². The van der Waals surface area contributed by atoms with Gasteiger partial charge in [-0.05, 0) is 19.9 Å². The molecule has 3 fully saturated rings. The number of epoxide rings is 1. The number of aliphatic hydroxyl groups is 1. The van der Waals surface area contributed by atoms with Gasteiger partial charge in [-0.3, -0.25) is 4.90 Å². The predicted octanol–water partition coefficient (Wildman–Crippen LogP) is -3.40. The van der Waals surface area contributed by atoms with Crippen LogP contribution in [0.4, 0.5) is 0 Å². The normalized spacial score (nSPS) is 56.0. The Morgan fingerprint density at radius 2 is 1.75 bits per heavy atom. The molecule has 2 bridgehead atoms. The predicted molar refractivity (Wildman–Crippen MR) is 39.2 cm³/mol. The number of hydrogen-bond donors (Lipinski definition) is 1. The van der Waals surface area contributed by atoms with Crippen molar-refractivity contribution in [2.75, 3.05) is 7.05 Å². The van der Waals surface area contributed by atoms with Gasteiger partial charge in [0.1, 0.15) is 12.2 Å². The number of ether oxygens (including phenoxy) is 1. The van der Waals surface area contributed by atoms with Crippen LogP contribution in [0.5, 0.6) is 0 Å². The van der Waals surface area contributed by atoms with Crippen LogP contribution in [0.3, 0.4) is 0 Å². The molecular weight excluding hydrogens is 178 g/mol. The molecule has 0 aromatic rings. The lowest BCUT2D eigenvalue weighted by atomic mass is 10.00. The van der Waals surface area contributed by atoms with Crippen LogP contribution in [0.1, 0.15) is 12.8 Å². The Kier molecular flexibility index (Phi) is 1.88. The van der Waals surface area contributed by atoms with E-state index in [4.69, 9.17) is 4.74 Å². The van der Waals surface area contributed by atoms with Crippen LogP contribution in [0, 0.1) is 0 Å². The molecule has 1 unspecified atom stereocenters. The molecule has 4 heteroatoms. The summed E-state index contributed by atoms with van der Waals surface area (Å²) in [5, 5.41) is 9.46. The van der Waals surface area contributed by atoms with E-state index in [9.17, 15) is 5.11 Å². The zero-order valence-corrected chi connectivity index (χ0v) is 7.74. The Morgan fingerprint density at radius 3 is 2.25 bits per heavy atom. The molecule has 0 aromatic heterocycles. The summed E-state index contributed by atoms with van der Waals surface area (Å²) >= 11 is 0. The summed E-state index contributed by atoms with van der Waals surface area (Å²) in [6.45, 7) is 0. The maximum atomic E-state index is 9.46. The molecule has 0 amide bonds. The minimum Gasteiger partial charge on any atom is -1.00 e. The Hall–Kier alpha value is 0.170. The van der Waals surface area contributed by atoms with E-state index in [-0.39, 0.29) is 18.5 Å². The van der Waals surface area contributed by atoms with Gasteiger partial charge in [0.05, 0.1) is 6.10 Å². The SMILES string of the molecule is CN1[C@@H]2CC(O)C[C@H]1[C@@H]1O[C@@H]12.[Cl-]. The number of aliphatic hydroxyl groups excluding tert-OH is 1. The molecule has 3 aliphatic heterocycles. The van der Waals surface area contributed by atoms with E-state index in [1.807, 2.05) is 0 Å². The minimum absolute atomic E-state index is 0. The summed E-state index contributed by atoms with van der Waals surface area (Å²) < 4.78 is 5.49. The smallest absolute Gasteiger partial charge is 0.101 e. The number of piperidine rings is 1. The van der Waals surface area contributed by atoms with Crippen molar-refractivity contribution in [3.63, 3.8) is 0 Å². The van der Waals surface area contributed by atoms with Crippen LogP contribution in [-0.2, 0) is 4.74 Å². The van der Waals surface area contributed by atoms with Crippen molar-refractivity contribution in [2.45, 2.75) is 43.2 Å². The average molecular weight is 191 g/mol. The van der Waals surface area contributed by atoms with Gasteiger partial charge in [0.2, 0.25) is 0 Å². The highest BCUT2D eigenvalue weighted by molar-refractivity contribution is 5.13. The maximum Gasteiger partial charge on any atom is 0.101 e. The maximum absolute atomic E-state index is 9.46. The first-order chi connectivity index (χ1) is 5.27. The Morgan fingerprint density at radius 1 is 1.25 bits per heavy atom. The van der Waals surface area contributed by atoms with Crippen LogP contribution in [-0.4, -0.2) is 47.4 Å². The van der Waals surface area contributed by atoms with Gasteiger partial charge in [-0.25, -0.2) is 0 Å². The fourth-order valence-corrected chi connectivity index (χ4v) is 2.72. The lowest BCUT2D eigenvalue weighted by Gasteiger charge is -2.36. The molecule has 0 radical (unpaired) electrons. The van der Waals surface area contributed by atoms with Gasteiger partial charge in [-0.2, -0.15) is 0 Å². The van der Waals surface area contributed by atoms with Crippen molar-refractivity contribution in [3.8, 4) is 0 Å². The van der Waals surface area contributed by atoms with Crippen molar-refractivity contribution in [2.24, 2.45) is 0 Å². The summed E-state index contributed by atoms with van der Waals surface area (Å²) in [5.74, 6) is 0. The summed E-state index contributed by atoms with van der Waals surface area (Å²) in [6.07, 6.45) is 2.67. The quantitative estimate of drug-likeness (QED) is 0.405. The third kappa shape index (κ3) is 0.940. The topological polar surface area (TPSA) is 36.0 Å². The summed E-state index contributed by atoms with van der Waals surface area (Å²) in [5.41, 5.74) is 0. The minimum atomic E-state index is -0.0717. The van der Waals surface area contributed by atoms with Gasteiger partial charge < -0.3 is 22.3 Å². The zero-order chi connectivity index (χ0) is 7.59. The first kappa shape index (κ1) is 8.75. The largest absolute Gasteiger partial charge is 1.00 e. The van der Waals surface area contributed by atoms with E-state index in [1.165, 1.54) is 0 Å². The Labute approximate surface area is 78.1 Å². The van der Waals surface area contributed by atoms with Crippen LogP contribution >= 0.6 is 0 Å². The van der Waals surface area contributed by atoms with E-state index < -0.39 is 0 Å². The standard InChI is InChI=1S/C8H13NO2.ClH/c1-9-5-2-4(10)3-6(9)8-7(5)11-8;/h4-8,10H,2-3H2,1H3;1H/p-1/t4?,5-,6+,7-,8+;. The Bertz CT molecular complexity index is 183. The van der Waals surface area contributed by atoms with Crippen LogP contribution in [0.15, 0.2) is 0 Å². The number of hydrogen-bond acceptors (Lipinski definition) is 3. The Balaban J connectivity index is 0.000000563. The molecule has 3 nitrogen and oxygen atoms in total. The zero-order valence-electron chi connectivity index (χ0n) is 6.98. The number of likely N-dealkylation sites (N-methyl/N-ethyl adjacent to an activating group) is 1. The van der Waals surface area contributed by atoms with E-state index >= 15 is 0 Å². The van der Waals surface area contributed by atoms with Crippen molar-refractivity contribution >= 4 is 0 Å². The summed E-state index contributed by atoms with van der Waals surface area (Å²) in [4.78, 5) is 2.38. The van der Waals surface area contributed by atoms with E-state index in [0.717, 1.165) is 12.8 Å². The van der Waals surface area contributed by atoms with Crippen molar-refractivity contribution in [1.82, 2.24) is 4.90 Å². The molecule has 0 saturated carbocycles. The molecule has 3 heterocycles. The fourth-order valence-electron chi connectivity index (χ4n) is 2.72. The third-order valence-corrected chi connectivity index (χ3v) is 3.39. The second-order valence-corrected chi connectivity index (χ2v) is 3.99. The highest BCUT2D eigenvalue weighted by Crippen LogP contribution is 2.47. The fraction of sp³-hybridized carbons (Fsp3) is 1.00. The first-order valence-corrected chi connectivity index (χ1v) is 4.33. The number of halogens is 1. The number of fused-ring (bicyclic) bond motifs is 5. The lowest BCUT2D eigenvalue weighted by molar-refractivity contribution is -0.0000528. The van der Waals surface area contributed by atoms with E-state index in [0.29, 0.717) is 24.3 Å². The van der Waals surface area contributed by atoms with Crippen LogP contribution in [0.25, 0.3) is 0 Å². The number of morpholine rings is 1. The van der Waals surface area contributed by atoms with Crippen LogP contribution in [0.2, 0.25) is 0 Å². The number of rotatable bonds is 0. The van der Waals surface area contributed by atoms with Gasteiger partial charge in [0.25, 0.3) is 0 Å². The van der Waals surface area contributed by atoms with Crippen LogP contribution < -0.4 is 12.4 Å². The average Bonchev–Trinajstić information content (AvgIpc) is 2.66. The molecule has 3 aliphatic rings. The molecule has 1 N–H and O–H groups in total. The van der Waals surface area contributed by atoms with Gasteiger partial charge in [0.15, 0.2) is 0 Å². The molecule has 3 saturated heterocycles. The second kappa shape index (κ2) is 2.58. The first-order valence-electron chi connectivity index (χ1n) is 4.33. The molecule has 12 heavy (non-hydrogen) atoms. The highest BCUT2D eigenvalue weighted by Gasteiger charge is 2.62. The molecule has 0 spiro atoms. The molecule has 0 aliphatic carbocycles. The second-order valence-electron chi connectivity index (χ2n) is 3.99. The van der Waals surface area contributed by atoms with E-state index in [2.05, 4.69) is 11.9 Å². The third-order valence-electron chi connectivity index (χ3n) is 3.39. The molecule has 3 rings (SSSR count). The molecule has 70 valence electrons. The van der Waals surface area contributed by atoms with Crippen molar-refractivity contribution in [3.05, 3.63) is 0 Å². The van der Waals surface area contributed by atoms with E-state index in [1.54, 1.807) is 0 Å². The summed E-state index contributed by atoms with van der Waals surface area (Å²) in [7, 11) is 2.15. The lowest BCUT2D eigenvalue weighted by Crippen LogP contribution is -3.00. The van der Waals surface area contributed by atoms with Crippen molar-refractivity contribution in [1.29, 1.82) is 0 Å². The monoisotopic (exact) mass is 190 g/mol.